The van der Waals surface area contributed by atoms with Crippen LogP contribution in [0.2, 0.25) is 0 Å². The zero-order chi connectivity index (χ0) is 9.23. The molecular formula is C9H19NOS. The molecule has 2 nitrogen and oxygen atoms in total. The van der Waals surface area contributed by atoms with E-state index in [-0.39, 0.29) is 0 Å². The molecule has 0 aromatic carbocycles. The zero-order valence-corrected chi connectivity index (χ0v) is 8.88. The van der Waals surface area contributed by atoms with E-state index in [1.807, 2.05) is 0 Å². The smallest absolute Gasteiger partial charge is 0.256 e. The Labute approximate surface area is 80.7 Å². The summed E-state index contributed by atoms with van der Waals surface area (Å²) >= 11 is 4.94. The van der Waals surface area contributed by atoms with Gasteiger partial charge in [0, 0.05) is 6.54 Å². The minimum Gasteiger partial charge on any atom is -0.471 e. The average molecular weight is 189 g/mol. The van der Waals surface area contributed by atoms with Crippen molar-refractivity contribution in [1.82, 2.24) is 5.32 Å². The van der Waals surface area contributed by atoms with Crippen LogP contribution in [0.5, 0.6) is 0 Å². The van der Waals surface area contributed by atoms with Gasteiger partial charge in [0.05, 0.1) is 6.61 Å². The fourth-order valence-electron chi connectivity index (χ4n) is 0.811. The van der Waals surface area contributed by atoms with Crippen LogP contribution in [0.4, 0.5) is 0 Å². The van der Waals surface area contributed by atoms with Crippen molar-refractivity contribution in [1.29, 1.82) is 0 Å². The number of nitrogens with one attached hydrogen (secondary N) is 1. The van der Waals surface area contributed by atoms with Gasteiger partial charge in [-0.25, -0.2) is 0 Å². The maximum atomic E-state index is 5.19. The van der Waals surface area contributed by atoms with Crippen LogP contribution in [0.15, 0.2) is 0 Å². The van der Waals surface area contributed by atoms with Gasteiger partial charge in [-0.3, -0.25) is 0 Å². The van der Waals surface area contributed by atoms with E-state index in [0.717, 1.165) is 19.6 Å². The molecule has 0 rings (SSSR count). The fourth-order valence-corrected chi connectivity index (χ4v) is 0.997. The Kier molecular flexibility index (Phi) is 8.56. The van der Waals surface area contributed by atoms with Gasteiger partial charge in [-0.1, -0.05) is 26.7 Å². The summed E-state index contributed by atoms with van der Waals surface area (Å²) in [5, 5.41) is 3.61. The first-order chi connectivity index (χ1) is 5.81. The first-order valence-electron chi connectivity index (χ1n) is 4.71. The SMILES string of the molecule is CCCCCNC(=S)OCCC. The molecule has 12 heavy (non-hydrogen) atoms. The Balaban J connectivity index is 3.08. The molecule has 0 unspecified atom stereocenters. The Morgan fingerprint density at radius 1 is 1.25 bits per heavy atom. The van der Waals surface area contributed by atoms with Crippen molar-refractivity contribution in [3.05, 3.63) is 0 Å². The number of thiocarbonyl (C=S) groups is 1. The van der Waals surface area contributed by atoms with Crippen molar-refractivity contribution < 1.29 is 4.74 Å². The van der Waals surface area contributed by atoms with Crippen LogP contribution < -0.4 is 5.32 Å². The van der Waals surface area contributed by atoms with E-state index in [0.29, 0.717) is 5.17 Å². The van der Waals surface area contributed by atoms with Crippen LogP contribution >= 0.6 is 12.2 Å². The van der Waals surface area contributed by atoms with Gasteiger partial charge in [-0.15, -0.1) is 0 Å². The Hall–Kier alpha value is -0.310. The monoisotopic (exact) mass is 189 g/mol. The third-order valence-electron chi connectivity index (χ3n) is 1.49. The molecule has 3 heteroatoms. The van der Waals surface area contributed by atoms with Gasteiger partial charge in [-0.2, -0.15) is 0 Å². The molecule has 0 spiro atoms. The highest BCUT2D eigenvalue weighted by molar-refractivity contribution is 7.80. The van der Waals surface area contributed by atoms with E-state index in [9.17, 15) is 0 Å². The summed E-state index contributed by atoms with van der Waals surface area (Å²) in [6.45, 7) is 5.92. The third kappa shape index (κ3) is 7.79. The molecule has 1 N–H and O–H groups in total. The summed E-state index contributed by atoms with van der Waals surface area (Å²) in [4.78, 5) is 0. The van der Waals surface area contributed by atoms with E-state index in [1.54, 1.807) is 0 Å². The predicted molar refractivity (Wildman–Crippen MR) is 56.4 cm³/mol. The van der Waals surface area contributed by atoms with Gasteiger partial charge in [-0.05, 0) is 25.1 Å². The molecule has 0 fully saturated rings. The molecule has 0 atom stereocenters. The minimum atomic E-state index is 0.549. The molecule has 0 saturated heterocycles. The van der Waals surface area contributed by atoms with Crippen molar-refractivity contribution in [2.45, 2.75) is 39.5 Å². The summed E-state index contributed by atoms with van der Waals surface area (Å²) < 4.78 is 5.19. The van der Waals surface area contributed by atoms with Crippen LogP contribution in [0.1, 0.15) is 39.5 Å². The number of rotatable bonds is 6. The van der Waals surface area contributed by atoms with Gasteiger partial charge >= 0.3 is 0 Å². The van der Waals surface area contributed by atoms with Crippen LogP contribution in [0.3, 0.4) is 0 Å². The fraction of sp³-hybridized carbons (Fsp3) is 0.889. The predicted octanol–water partition coefficient (Wildman–Crippen LogP) is 2.48. The van der Waals surface area contributed by atoms with Crippen molar-refractivity contribution >= 4 is 17.4 Å². The Morgan fingerprint density at radius 2 is 2.00 bits per heavy atom. The van der Waals surface area contributed by atoms with E-state index >= 15 is 0 Å². The summed E-state index contributed by atoms with van der Waals surface area (Å²) in [5.41, 5.74) is 0. The summed E-state index contributed by atoms with van der Waals surface area (Å²) in [7, 11) is 0. The molecule has 0 bridgehead atoms. The third-order valence-corrected chi connectivity index (χ3v) is 1.75. The topological polar surface area (TPSA) is 21.3 Å². The number of ether oxygens (including phenoxy) is 1. The highest BCUT2D eigenvalue weighted by atomic mass is 32.1. The van der Waals surface area contributed by atoms with E-state index < -0.39 is 0 Å². The Morgan fingerprint density at radius 3 is 2.58 bits per heavy atom. The van der Waals surface area contributed by atoms with Gasteiger partial charge in [0.1, 0.15) is 0 Å². The zero-order valence-electron chi connectivity index (χ0n) is 8.06. The van der Waals surface area contributed by atoms with Crippen molar-refractivity contribution in [2.75, 3.05) is 13.2 Å². The maximum absolute atomic E-state index is 5.19. The lowest BCUT2D eigenvalue weighted by Crippen LogP contribution is -2.25. The molecule has 0 aromatic heterocycles. The molecule has 0 heterocycles. The highest BCUT2D eigenvalue weighted by Crippen LogP contribution is 1.91. The lowest BCUT2D eigenvalue weighted by atomic mass is 10.2. The summed E-state index contributed by atoms with van der Waals surface area (Å²) in [6, 6.07) is 0. The lowest BCUT2D eigenvalue weighted by molar-refractivity contribution is 0.298. The second-order valence-corrected chi connectivity index (χ2v) is 3.14. The quantitative estimate of drug-likeness (QED) is 0.512. The standard InChI is InChI=1S/C9H19NOS/c1-3-5-6-7-10-9(12)11-8-4-2/h3-8H2,1-2H3,(H,10,12). The molecule has 0 saturated carbocycles. The largest absolute Gasteiger partial charge is 0.471 e. The first-order valence-corrected chi connectivity index (χ1v) is 5.12. The molecule has 0 aliphatic carbocycles. The van der Waals surface area contributed by atoms with Crippen molar-refractivity contribution in [3.63, 3.8) is 0 Å². The maximum Gasteiger partial charge on any atom is 0.256 e. The normalized spacial score (nSPS) is 9.50. The second kappa shape index (κ2) is 8.78. The first kappa shape index (κ1) is 11.7. The molecule has 0 aliphatic heterocycles. The second-order valence-electron chi connectivity index (χ2n) is 2.77. The van der Waals surface area contributed by atoms with Crippen molar-refractivity contribution in [3.8, 4) is 0 Å². The minimum absolute atomic E-state index is 0.549. The number of unbranched alkanes of at least 4 members (excludes halogenated alkanes) is 2. The van der Waals surface area contributed by atoms with E-state index in [2.05, 4.69) is 19.2 Å². The molecule has 0 radical (unpaired) electrons. The van der Waals surface area contributed by atoms with E-state index in [1.165, 1.54) is 19.3 Å². The summed E-state index contributed by atoms with van der Waals surface area (Å²) in [5.74, 6) is 0. The van der Waals surface area contributed by atoms with E-state index in [4.69, 9.17) is 17.0 Å². The van der Waals surface area contributed by atoms with Crippen LogP contribution in [-0.2, 0) is 4.74 Å². The molecule has 72 valence electrons. The number of hydrogen-bond acceptors (Lipinski definition) is 2. The molecule has 0 aromatic rings. The van der Waals surface area contributed by atoms with Crippen molar-refractivity contribution in [2.24, 2.45) is 0 Å². The van der Waals surface area contributed by atoms with Gasteiger partial charge in [0.15, 0.2) is 0 Å². The summed E-state index contributed by atoms with van der Waals surface area (Å²) in [6.07, 6.45) is 4.68. The Bertz CT molecular complexity index is 117. The molecule has 0 amide bonds. The lowest BCUT2D eigenvalue weighted by Gasteiger charge is -2.07. The highest BCUT2D eigenvalue weighted by Gasteiger charge is 1.93. The average Bonchev–Trinajstić information content (AvgIpc) is 2.09. The molecule has 0 aliphatic rings. The van der Waals surface area contributed by atoms with Crippen LogP contribution in [0, 0.1) is 0 Å². The van der Waals surface area contributed by atoms with Gasteiger partial charge in [0.25, 0.3) is 5.17 Å². The van der Waals surface area contributed by atoms with Crippen LogP contribution in [0.25, 0.3) is 0 Å². The number of hydrogen-bond donors (Lipinski definition) is 1. The van der Waals surface area contributed by atoms with Gasteiger partial charge in [0.2, 0.25) is 0 Å². The molecular weight excluding hydrogens is 170 g/mol. The van der Waals surface area contributed by atoms with Crippen LogP contribution in [-0.4, -0.2) is 18.3 Å². The van der Waals surface area contributed by atoms with Gasteiger partial charge < -0.3 is 10.1 Å².